The van der Waals surface area contributed by atoms with Crippen molar-refractivity contribution in [3.05, 3.63) is 29.3 Å². The average molecular weight is 205 g/mol. The summed E-state index contributed by atoms with van der Waals surface area (Å²) >= 11 is 0. The minimum absolute atomic E-state index is 0.159. The van der Waals surface area contributed by atoms with Crippen molar-refractivity contribution in [2.45, 2.75) is 26.3 Å². The van der Waals surface area contributed by atoms with Crippen LogP contribution in [0.4, 0.5) is 5.69 Å². The predicted molar refractivity (Wildman–Crippen MR) is 58.9 cm³/mol. The second-order valence-electron chi connectivity index (χ2n) is 3.75. The third kappa shape index (κ3) is 1.82. The van der Waals surface area contributed by atoms with E-state index in [1.54, 1.807) is 0 Å². The van der Waals surface area contributed by atoms with Crippen LogP contribution in [0, 0.1) is 6.92 Å². The van der Waals surface area contributed by atoms with Crippen LogP contribution in [0.25, 0.3) is 0 Å². The van der Waals surface area contributed by atoms with E-state index in [0.717, 1.165) is 12.1 Å². The SMILES string of the molecule is CCOC(=O)[C@H]1Cc2c(C)cccc2N1. The summed E-state index contributed by atoms with van der Waals surface area (Å²) < 4.78 is 5.00. The van der Waals surface area contributed by atoms with E-state index in [2.05, 4.69) is 18.3 Å². The van der Waals surface area contributed by atoms with E-state index in [0.29, 0.717) is 6.61 Å². The fourth-order valence-electron chi connectivity index (χ4n) is 1.94. The van der Waals surface area contributed by atoms with Crippen molar-refractivity contribution in [3.63, 3.8) is 0 Å². The maximum Gasteiger partial charge on any atom is 0.328 e. The molecule has 0 spiro atoms. The van der Waals surface area contributed by atoms with Crippen LogP contribution >= 0.6 is 0 Å². The first kappa shape index (κ1) is 10.0. The highest BCUT2D eigenvalue weighted by molar-refractivity contribution is 5.83. The molecule has 1 aromatic carbocycles. The van der Waals surface area contributed by atoms with Gasteiger partial charge in [-0.1, -0.05) is 12.1 Å². The average Bonchev–Trinajstić information content (AvgIpc) is 2.63. The standard InChI is InChI=1S/C12H15NO2/c1-3-15-12(14)11-7-9-8(2)5-4-6-10(9)13-11/h4-6,11,13H,3,7H2,1-2H3/t11-/m1/s1. The minimum Gasteiger partial charge on any atom is -0.464 e. The van der Waals surface area contributed by atoms with Gasteiger partial charge in [0.1, 0.15) is 6.04 Å². The molecule has 3 nitrogen and oxygen atoms in total. The van der Waals surface area contributed by atoms with Crippen LogP contribution in [-0.2, 0) is 16.0 Å². The van der Waals surface area contributed by atoms with Gasteiger partial charge in [-0.25, -0.2) is 4.79 Å². The Morgan fingerprint density at radius 2 is 2.40 bits per heavy atom. The molecule has 1 aliphatic rings. The van der Waals surface area contributed by atoms with Gasteiger partial charge in [0.2, 0.25) is 0 Å². The highest BCUT2D eigenvalue weighted by atomic mass is 16.5. The molecule has 0 saturated carbocycles. The fraction of sp³-hybridized carbons (Fsp3) is 0.417. The fourth-order valence-corrected chi connectivity index (χ4v) is 1.94. The van der Waals surface area contributed by atoms with Crippen LogP contribution in [0.3, 0.4) is 0 Å². The molecule has 0 amide bonds. The zero-order valence-electron chi connectivity index (χ0n) is 9.04. The molecule has 0 aromatic heterocycles. The smallest absolute Gasteiger partial charge is 0.328 e. The van der Waals surface area contributed by atoms with Crippen LogP contribution < -0.4 is 5.32 Å². The zero-order valence-corrected chi connectivity index (χ0v) is 9.04. The second-order valence-corrected chi connectivity index (χ2v) is 3.75. The Bertz CT molecular complexity index is 387. The zero-order chi connectivity index (χ0) is 10.8. The number of aryl methyl sites for hydroxylation is 1. The first-order chi connectivity index (χ1) is 7.22. The highest BCUT2D eigenvalue weighted by Crippen LogP contribution is 2.28. The Morgan fingerprint density at radius 1 is 1.60 bits per heavy atom. The molecule has 1 aromatic rings. The number of carbonyl (C=O) groups excluding carboxylic acids is 1. The van der Waals surface area contributed by atoms with Gasteiger partial charge in [-0.3, -0.25) is 0 Å². The first-order valence-corrected chi connectivity index (χ1v) is 5.24. The Kier molecular flexibility index (Phi) is 2.62. The molecular weight excluding hydrogens is 190 g/mol. The quantitative estimate of drug-likeness (QED) is 0.749. The molecule has 0 fully saturated rings. The summed E-state index contributed by atoms with van der Waals surface area (Å²) in [5.41, 5.74) is 3.52. The summed E-state index contributed by atoms with van der Waals surface area (Å²) in [6.45, 7) is 4.33. The van der Waals surface area contributed by atoms with Gasteiger partial charge in [0.25, 0.3) is 0 Å². The number of hydrogen-bond acceptors (Lipinski definition) is 3. The van der Waals surface area contributed by atoms with E-state index in [1.165, 1.54) is 11.1 Å². The van der Waals surface area contributed by atoms with Gasteiger partial charge >= 0.3 is 5.97 Å². The lowest BCUT2D eigenvalue weighted by molar-refractivity contribution is -0.143. The van der Waals surface area contributed by atoms with Gasteiger partial charge in [0.15, 0.2) is 0 Å². The molecule has 15 heavy (non-hydrogen) atoms. The normalized spacial score (nSPS) is 18.1. The maximum atomic E-state index is 11.5. The number of hydrogen-bond donors (Lipinski definition) is 1. The van der Waals surface area contributed by atoms with Crippen molar-refractivity contribution in [2.75, 3.05) is 11.9 Å². The Hall–Kier alpha value is -1.51. The largest absolute Gasteiger partial charge is 0.464 e. The van der Waals surface area contributed by atoms with Gasteiger partial charge in [0.05, 0.1) is 6.61 Å². The number of fused-ring (bicyclic) bond motifs is 1. The number of ether oxygens (including phenoxy) is 1. The van der Waals surface area contributed by atoms with Crippen molar-refractivity contribution in [2.24, 2.45) is 0 Å². The molecule has 1 atom stereocenters. The molecule has 3 heteroatoms. The monoisotopic (exact) mass is 205 g/mol. The van der Waals surface area contributed by atoms with Gasteiger partial charge in [-0.05, 0) is 31.0 Å². The summed E-state index contributed by atoms with van der Waals surface area (Å²) in [5, 5.41) is 3.19. The molecule has 1 aliphatic heterocycles. The van der Waals surface area contributed by atoms with Crippen LogP contribution in [0.1, 0.15) is 18.1 Å². The van der Waals surface area contributed by atoms with Crippen LogP contribution in [0.2, 0.25) is 0 Å². The molecule has 1 heterocycles. The van der Waals surface area contributed by atoms with Crippen molar-refractivity contribution >= 4 is 11.7 Å². The lowest BCUT2D eigenvalue weighted by Crippen LogP contribution is -2.29. The highest BCUT2D eigenvalue weighted by Gasteiger charge is 2.28. The van der Waals surface area contributed by atoms with Crippen LogP contribution in [0.15, 0.2) is 18.2 Å². The van der Waals surface area contributed by atoms with Gasteiger partial charge in [-0.2, -0.15) is 0 Å². The minimum atomic E-state index is -0.207. The third-order valence-corrected chi connectivity index (χ3v) is 2.72. The topological polar surface area (TPSA) is 38.3 Å². The van der Waals surface area contributed by atoms with E-state index in [4.69, 9.17) is 4.74 Å². The molecule has 2 rings (SSSR count). The van der Waals surface area contributed by atoms with Gasteiger partial charge in [0, 0.05) is 12.1 Å². The number of carbonyl (C=O) groups is 1. The number of benzene rings is 1. The van der Waals surface area contributed by atoms with Crippen molar-refractivity contribution in [1.82, 2.24) is 0 Å². The Morgan fingerprint density at radius 3 is 3.07 bits per heavy atom. The van der Waals surface area contributed by atoms with Gasteiger partial charge in [-0.15, -0.1) is 0 Å². The Labute approximate surface area is 89.4 Å². The molecule has 1 N–H and O–H groups in total. The van der Waals surface area contributed by atoms with E-state index in [1.807, 2.05) is 19.1 Å². The summed E-state index contributed by atoms with van der Waals surface area (Å²) in [6, 6.07) is 5.85. The van der Waals surface area contributed by atoms with Crippen LogP contribution in [-0.4, -0.2) is 18.6 Å². The molecule has 0 unspecified atom stereocenters. The first-order valence-electron chi connectivity index (χ1n) is 5.24. The summed E-state index contributed by atoms with van der Waals surface area (Å²) in [6.07, 6.45) is 0.737. The number of rotatable bonds is 2. The number of anilines is 1. The molecule has 0 saturated heterocycles. The summed E-state index contributed by atoms with van der Waals surface area (Å²) in [7, 11) is 0. The van der Waals surface area contributed by atoms with Gasteiger partial charge < -0.3 is 10.1 Å². The number of esters is 1. The second kappa shape index (κ2) is 3.93. The van der Waals surface area contributed by atoms with E-state index >= 15 is 0 Å². The third-order valence-electron chi connectivity index (χ3n) is 2.72. The van der Waals surface area contributed by atoms with Crippen molar-refractivity contribution < 1.29 is 9.53 Å². The lowest BCUT2D eigenvalue weighted by Gasteiger charge is -2.09. The molecular formula is C12H15NO2. The van der Waals surface area contributed by atoms with Crippen LogP contribution in [0.5, 0.6) is 0 Å². The molecule has 0 radical (unpaired) electrons. The van der Waals surface area contributed by atoms with E-state index in [9.17, 15) is 4.79 Å². The molecule has 0 bridgehead atoms. The molecule has 0 aliphatic carbocycles. The number of nitrogens with one attached hydrogen (secondary N) is 1. The summed E-state index contributed by atoms with van der Waals surface area (Å²) in [4.78, 5) is 11.5. The Balaban J connectivity index is 2.15. The van der Waals surface area contributed by atoms with Crippen molar-refractivity contribution in [3.8, 4) is 0 Å². The maximum absolute atomic E-state index is 11.5. The van der Waals surface area contributed by atoms with E-state index in [-0.39, 0.29) is 12.0 Å². The lowest BCUT2D eigenvalue weighted by atomic mass is 10.0. The molecule has 80 valence electrons. The van der Waals surface area contributed by atoms with E-state index < -0.39 is 0 Å². The predicted octanol–water partition coefficient (Wildman–Crippen LogP) is 1.89. The summed E-state index contributed by atoms with van der Waals surface area (Å²) in [5.74, 6) is -0.159. The van der Waals surface area contributed by atoms with Crippen molar-refractivity contribution in [1.29, 1.82) is 0 Å².